The van der Waals surface area contributed by atoms with Crippen LogP contribution in [0.1, 0.15) is 76.2 Å². The Morgan fingerprint density at radius 2 is 1.97 bits per heavy atom. The zero-order valence-electron chi connectivity index (χ0n) is 19.3. The molecule has 164 valence electrons. The van der Waals surface area contributed by atoms with Gasteiger partial charge in [0, 0.05) is 24.2 Å². The molecule has 0 spiro atoms. The number of benzene rings is 2. The van der Waals surface area contributed by atoms with Gasteiger partial charge in [0.25, 0.3) is 0 Å². The predicted molar refractivity (Wildman–Crippen MR) is 129 cm³/mol. The molecule has 1 aliphatic rings. The van der Waals surface area contributed by atoms with E-state index in [0.29, 0.717) is 11.7 Å². The predicted octanol–water partition coefficient (Wildman–Crippen LogP) is 6.35. The monoisotopic (exact) mass is 417 g/mol. The minimum Gasteiger partial charge on any atom is -0.508 e. The molecule has 0 saturated carbocycles. The normalized spacial score (nSPS) is 15.8. The van der Waals surface area contributed by atoms with Crippen molar-refractivity contribution in [2.24, 2.45) is 0 Å². The highest BCUT2D eigenvalue weighted by molar-refractivity contribution is 5.87. The standard InChI is InChI=1S/C27H35N3O/c1-19(24-12-8-9-20-13-14-23(31)16-25(20)24)17-28-18-22-15-26(27(2,3)4)29-30(22)21-10-6-5-7-11-21/h8-10,12-16,19,28,31H,5-7,11,17-18H2,1-4H3. The molecule has 3 aromatic rings. The van der Waals surface area contributed by atoms with E-state index in [1.807, 2.05) is 12.1 Å². The molecule has 4 heteroatoms. The Morgan fingerprint density at radius 3 is 2.71 bits per heavy atom. The lowest BCUT2D eigenvalue weighted by Gasteiger charge is -2.18. The average Bonchev–Trinajstić information content (AvgIpc) is 3.18. The Morgan fingerprint density at radius 1 is 1.13 bits per heavy atom. The van der Waals surface area contributed by atoms with Crippen LogP contribution in [0.2, 0.25) is 0 Å². The van der Waals surface area contributed by atoms with E-state index in [0.717, 1.165) is 37.0 Å². The van der Waals surface area contributed by atoms with Gasteiger partial charge in [-0.25, -0.2) is 4.68 Å². The zero-order chi connectivity index (χ0) is 22.0. The molecule has 0 amide bonds. The number of phenols is 1. The lowest BCUT2D eigenvalue weighted by atomic mass is 9.92. The van der Waals surface area contributed by atoms with Gasteiger partial charge >= 0.3 is 0 Å². The van der Waals surface area contributed by atoms with Crippen LogP contribution in [0.5, 0.6) is 5.75 Å². The third-order valence-corrected chi connectivity index (χ3v) is 6.28. The van der Waals surface area contributed by atoms with Crippen molar-refractivity contribution in [3.8, 4) is 5.75 Å². The van der Waals surface area contributed by atoms with Crippen molar-refractivity contribution in [1.82, 2.24) is 15.1 Å². The van der Waals surface area contributed by atoms with Gasteiger partial charge in [0.05, 0.1) is 11.4 Å². The van der Waals surface area contributed by atoms with E-state index < -0.39 is 0 Å². The van der Waals surface area contributed by atoms with E-state index in [-0.39, 0.29) is 5.41 Å². The van der Waals surface area contributed by atoms with Crippen LogP contribution in [0.4, 0.5) is 0 Å². The number of fused-ring (bicyclic) bond motifs is 1. The zero-order valence-corrected chi connectivity index (χ0v) is 19.3. The van der Waals surface area contributed by atoms with Crippen LogP contribution in [0.25, 0.3) is 16.5 Å². The Hall–Kier alpha value is -2.59. The number of nitrogens with one attached hydrogen (secondary N) is 1. The smallest absolute Gasteiger partial charge is 0.116 e. The molecule has 0 bridgehead atoms. The molecule has 1 unspecified atom stereocenters. The SMILES string of the molecule is CC(CNCc1cc(C(C)(C)C)nn1C1=CCCCC1)c1cccc2ccc(O)cc12. The molecule has 0 saturated heterocycles. The topological polar surface area (TPSA) is 50.1 Å². The van der Waals surface area contributed by atoms with Crippen LogP contribution < -0.4 is 5.32 Å². The molecule has 0 fully saturated rings. The first-order chi connectivity index (χ1) is 14.8. The van der Waals surface area contributed by atoms with E-state index in [2.05, 4.69) is 68.0 Å². The van der Waals surface area contributed by atoms with Crippen molar-refractivity contribution in [2.45, 2.75) is 71.3 Å². The van der Waals surface area contributed by atoms with Crippen molar-refractivity contribution in [3.05, 3.63) is 65.5 Å². The van der Waals surface area contributed by atoms with Crippen LogP contribution in [0, 0.1) is 0 Å². The van der Waals surface area contributed by atoms with E-state index in [9.17, 15) is 5.11 Å². The third-order valence-electron chi connectivity index (χ3n) is 6.28. The summed E-state index contributed by atoms with van der Waals surface area (Å²) in [6.07, 6.45) is 7.14. The van der Waals surface area contributed by atoms with Gasteiger partial charge in [-0.15, -0.1) is 0 Å². The van der Waals surface area contributed by atoms with Gasteiger partial charge in [-0.2, -0.15) is 5.10 Å². The molecule has 1 aromatic heterocycles. The fourth-order valence-corrected chi connectivity index (χ4v) is 4.42. The van der Waals surface area contributed by atoms with E-state index in [4.69, 9.17) is 5.10 Å². The van der Waals surface area contributed by atoms with Gasteiger partial charge in [0.15, 0.2) is 0 Å². The van der Waals surface area contributed by atoms with Crippen LogP contribution >= 0.6 is 0 Å². The summed E-state index contributed by atoms with van der Waals surface area (Å²) < 4.78 is 2.19. The quantitative estimate of drug-likeness (QED) is 0.491. The number of nitrogens with zero attached hydrogens (tertiary/aromatic N) is 2. The van der Waals surface area contributed by atoms with Gasteiger partial charge in [-0.1, -0.05) is 58.0 Å². The summed E-state index contributed by atoms with van der Waals surface area (Å²) in [5.74, 6) is 0.650. The second-order valence-corrected chi connectivity index (χ2v) is 9.91. The minimum absolute atomic E-state index is 0.0352. The molecule has 2 aromatic carbocycles. The number of aromatic nitrogens is 2. The Bertz CT molecular complexity index is 1090. The first-order valence-corrected chi connectivity index (χ1v) is 11.5. The van der Waals surface area contributed by atoms with Crippen molar-refractivity contribution in [1.29, 1.82) is 0 Å². The van der Waals surface area contributed by atoms with Crippen LogP contribution in [-0.4, -0.2) is 21.4 Å². The minimum atomic E-state index is 0.0352. The number of phenolic OH excluding ortho intramolecular Hbond substituents is 1. The molecule has 1 atom stereocenters. The summed E-state index contributed by atoms with van der Waals surface area (Å²) in [4.78, 5) is 0. The summed E-state index contributed by atoms with van der Waals surface area (Å²) in [6.45, 7) is 10.6. The molecular formula is C27H35N3O. The first-order valence-electron chi connectivity index (χ1n) is 11.5. The maximum atomic E-state index is 9.95. The average molecular weight is 418 g/mol. The summed E-state index contributed by atoms with van der Waals surface area (Å²) in [5, 5.41) is 20.9. The summed E-state index contributed by atoms with van der Waals surface area (Å²) >= 11 is 0. The Balaban J connectivity index is 1.51. The van der Waals surface area contributed by atoms with Gasteiger partial charge in [0.2, 0.25) is 0 Å². The van der Waals surface area contributed by atoms with E-state index in [1.54, 1.807) is 6.07 Å². The summed E-state index contributed by atoms with van der Waals surface area (Å²) in [7, 11) is 0. The second kappa shape index (κ2) is 8.88. The van der Waals surface area contributed by atoms with E-state index >= 15 is 0 Å². The maximum Gasteiger partial charge on any atom is 0.116 e. The lowest BCUT2D eigenvalue weighted by molar-refractivity contribution is 0.476. The highest BCUT2D eigenvalue weighted by atomic mass is 16.3. The molecule has 4 rings (SSSR count). The van der Waals surface area contributed by atoms with Crippen LogP contribution in [0.15, 0.2) is 48.5 Å². The molecule has 4 nitrogen and oxygen atoms in total. The number of hydrogen-bond acceptors (Lipinski definition) is 3. The molecule has 31 heavy (non-hydrogen) atoms. The number of aromatic hydroxyl groups is 1. The second-order valence-electron chi connectivity index (χ2n) is 9.91. The fourth-order valence-electron chi connectivity index (χ4n) is 4.42. The molecule has 2 N–H and O–H groups in total. The molecule has 1 aliphatic carbocycles. The van der Waals surface area contributed by atoms with Crippen LogP contribution in [0.3, 0.4) is 0 Å². The molecule has 0 aliphatic heterocycles. The highest BCUT2D eigenvalue weighted by Gasteiger charge is 2.21. The third kappa shape index (κ3) is 4.85. The van der Waals surface area contributed by atoms with Crippen LogP contribution in [-0.2, 0) is 12.0 Å². The highest BCUT2D eigenvalue weighted by Crippen LogP contribution is 2.29. The fraction of sp³-hybridized carbons (Fsp3) is 0.444. The van der Waals surface area contributed by atoms with Crippen molar-refractivity contribution in [3.63, 3.8) is 0 Å². The number of rotatable bonds is 6. The number of hydrogen-bond donors (Lipinski definition) is 2. The molecular weight excluding hydrogens is 382 g/mol. The van der Waals surface area contributed by atoms with Crippen molar-refractivity contribution in [2.75, 3.05) is 6.54 Å². The van der Waals surface area contributed by atoms with Gasteiger partial charge < -0.3 is 10.4 Å². The van der Waals surface area contributed by atoms with Gasteiger partial charge in [-0.3, -0.25) is 0 Å². The largest absolute Gasteiger partial charge is 0.508 e. The summed E-state index contributed by atoms with van der Waals surface area (Å²) in [5.41, 5.74) is 5.03. The number of allylic oxidation sites excluding steroid dienone is 2. The van der Waals surface area contributed by atoms with Gasteiger partial charge in [-0.05, 0) is 66.1 Å². The van der Waals surface area contributed by atoms with Crippen molar-refractivity contribution < 1.29 is 5.11 Å². The summed E-state index contributed by atoms with van der Waals surface area (Å²) in [6, 6.07) is 14.3. The van der Waals surface area contributed by atoms with Crippen molar-refractivity contribution >= 4 is 16.5 Å². The molecule has 0 radical (unpaired) electrons. The molecule has 1 heterocycles. The van der Waals surface area contributed by atoms with E-state index in [1.165, 1.54) is 35.2 Å². The Labute approximate surface area is 186 Å². The van der Waals surface area contributed by atoms with Gasteiger partial charge in [0.1, 0.15) is 5.75 Å². The maximum absolute atomic E-state index is 9.95. The Kier molecular flexibility index (Phi) is 6.19. The first kappa shape index (κ1) is 21.6. The lowest BCUT2D eigenvalue weighted by Crippen LogP contribution is -2.22.